The number of hydrogen-bond acceptors (Lipinski definition) is 5. The van der Waals surface area contributed by atoms with Crippen molar-refractivity contribution in [2.75, 3.05) is 33.1 Å². The molecule has 1 spiro atoms. The summed E-state index contributed by atoms with van der Waals surface area (Å²) in [4.78, 5) is 2.42. The highest BCUT2D eigenvalue weighted by Gasteiger charge is 2.47. The highest BCUT2D eigenvalue weighted by molar-refractivity contribution is 5.44. The molecule has 0 radical (unpaired) electrons. The Morgan fingerprint density at radius 1 is 1.27 bits per heavy atom. The van der Waals surface area contributed by atoms with Crippen molar-refractivity contribution in [1.82, 2.24) is 4.90 Å². The molecular weight excluding hydrogens is 282 g/mol. The first-order chi connectivity index (χ1) is 10.8. The van der Waals surface area contributed by atoms with Crippen LogP contribution in [0.15, 0.2) is 18.2 Å². The Morgan fingerprint density at radius 3 is 3.00 bits per heavy atom. The summed E-state index contributed by atoms with van der Waals surface area (Å²) in [5.41, 5.74) is 1.28. The van der Waals surface area contributed by atoms with Crippen LogP contribution in [0, 0.1) is 0 Å². The second-order valence-corrected chi connectivity index (χ2v) is 6.43. The Bertz CT molecular complexity index is 539. The van der Waals surface area contributed by atoms with Gasteiger partial charge in [0.25, 0.3) is 0 Å². The number of hydrogen-bond donors (Lipinski definition) is 0. The summed E-state index contributed by atoms with van der Waals surface area (Å²) in [6.45, 7) is 6.92. The molecule has 0 amide bonds. The van der Waals surface area contributed by atoms with Crippen LogP contribution in [0.2, 0.25) is 0 Å². The van der Waals surface area contributed by atoms with Crippen molar-refractivity contribution in [1.29, 1.82) is 0 Å². The maximum Gasteiger partial charge on any atom is 0.231 e. The molecule has 2 fully saturated rings. The minimum Gasteiger partial charge on any atom is -0.454 e. The zero-order chi connectivity index (χ0) is 15.0. The first-order valence-electron chi connectivity index (χ1n) is 8.13. The van der Waals surface area contributed by atoms with Gasteiger partial charge in [-0.05, 0) is 31.0 Å². The Balaban J connectivity index is 1.33. The van der Waals surface area contributed by atoms with E-state index < -0.39 is 0 Å². The van der Waals surface area contributed by atoms with E-state index in [1.165, 1.54) is 5.56 Å². The molecule has 120 valence electrons. The van der Waals surface area contributed by atoms with Crippen LogP contribution in [0.4, 0.5) is 0 Å². The highest BCUT2D eigenvalue weighted by atomic mass is 16.7. The number of fused-ring (bicyclic) bond motifs is 1. The predicted molar refractivity (Wildman–Crippen MR) is 81.2 cm³/mol. The summed E-state index contributed by atoms with van der Waals surface area (Å²) in [6, 6.07) is 6.19. The first kappa shape index (κ1) is 14.3. The molecule has 4 rings (SSSR count). The molecule has 5 heteroatoms. The molecule has 5 nitrogen and oxygen atoms in total. The topological polar surface area (TPSA) is 40.2 Å². The minimum atomic E-state index is 0.0222. The Hall–Kier alpha value is -1.30. The van der Waals surface area contributed by atoms with E-state index in [9.17, 15) is 0 Å². The number of likely N-dealkylation sites (tertiary alicyclic amines) is 1. The summed E-state index contributed by atoms with van der Waals surface area (Å²) in [5.74, 6) is 1.71. The quantitative estimate of drug-likeness (QED) is 0.853. The Labute approximate surface area is 131 Å². The van der Waals surface area contributed by atoms with Gasteiger partial charge in [-0.1, -0.05) is 6.07 Å². The molecule has 0 saturated carbocycles. The molecule has 1 unspecified atom stereocenters. The van der Waals surface area contributed by atoms with Crippen molar-refractivity contribution < 1.29 is 18.9 Å². The van der Waals surface area contributed by atoms with Crippen molar-refractivity contribution >= 4 is 0 Å². The van der Waals surface area contributed by atoms with Crippen molar-refractivity contribution in [3.05, 3.63) is 23.8 Å². The molecule has 22 heavy (non-hydrogen) atoms. The third kappa shape index (κ3) is 2.69. The van der Waals surface area contributed by atoms with Gasteiger partial charge in [0, 0.05) is 39.3 Å². The number of nitrogens with zero attached hydrogens (tertiary/aromatic N) is 1. The van der Waals surface area contributed by atoms with Crippen LogP contribution in [-0.4, -0.2) is 49.7 Å². The largest absolute Gasteiger partial charge is 0.454 e. The maximum atomic E-state index is 6.05. The van der Waals surface area contributed by atoms with Gasteiger partial charge in [-0.3, -0.25) is 4.90 Å². The van der Waals surface area contributed by atoms with Gasteiger partial charge >= 0.3 is 0 Å². The molecule has 0 bridgehead atoms. The third-order valence-electron chi connectivity index (χ3n) is 4.72. The molecule has 1 aromatic rings. The van der Waals surface area contributed by atoms with Crippen molar-refractivity contribution in [3.8, 4) is 11.5 Å². The van der Waals surface area contributed by atoms with Gasteiger partial charge in [0.2, 0.25) is 6.79 Å². The van der Waals surface area contributed by atoms with E-state index in [0.29, 0.717) is 12.9 Å². The SMILES string of the molecule is CCOC1CCOC2(C1)CN(Cc1ccc3c(c1)OCO3)C2. The van der Waals surface area contributed by atoms with Crippen molar-refractivity contribution in [2.24, 2.45) is 0 Å². The average Bonchev–Trinajstić information content (AvgIpc) is 2.94. The van der Waals surface area contributed by atoms with E-state index >= 15 is 0 Å². The van der Waals surface area contributed by atoms with E-state index in [1.807, 2.05) is 6.07 Å². The van der Waals surface area contributed by atoms with Crippen LogP contribution < -0.4 is 9.47 Å². The maximum absolute atomic E-state index is 6.05. The van der Waals surface area contributed by atoms with Gasteiger partial charge in [0.05, 0.1) is 11.7 Å². The zero-order valence-corrected chi connectivity index (χ0v) is 13.0. The van der Waals surface area contributed by atoms with Gasteiger partial charge in [-0.25, -0.2) is 0 Å². The van der Waals surface area contributed by atoms with Crippen LogP contribution in [0.1, 0.15) is 25.3 Å². The van der Waals surface area contributed by atoms with Crippen LogP contribution in [-0.2, 0) is 16.0 Å². The normalized spacial score (nSPS) is 26.1. The van der Waals surface area contributed by atoms with Crippen LogP contribution in [0.3, 0.4) is 0 Å². The molecule has 0 N–H and O–H groups in total. The fourth-order valence-corrected chi connectivity index (χ4v) is 3.76. The number of ether oxygens (including phenoxy) is 4. The van der Waals surface area contributed by atoms with Crippen LogP contribution in [0.5, 0.6) is 11.5 Å². The number of rotatable bonds is 4. The second-order valence-electron chi connectivity index (χ2n) is 6.43. The summed E-state index contributed by atoms with van der Waals surface area (Å²) in [6.07, 6.45) is 2.42. The molecule has 0 aliphatic carbocycles. The van der Waals surface area contributed by atoms with Crippen LogP contribution >= 0.6 is 0 Å². The van der Waals surface area contributed by atoms with Crippen molar-refractivity contribution in [3.63, 3.8) is 0 Å². The summed E-state index contributed by atoms with van der Waals surface area (Å²) < 4.78 is 22.6. The second kappa shape index (κ2) is 5.72. The molecule has 3 aliphatic heterocycles. The van der Waals surface area contributed by atoms with Gasteiger partial charge < -0.3 is 18.9 Å². The lowest BCUT2D eigenvalue weighted by atomic mass is 9.84. The van der Waals surface area contributed by atoms with Gasteiger partial charge in [0.1, 0.15) is 0 Å². The smallest absolute Gasteiger partial charge is 0.231 e. The molecule has 1 atom stereocenters. The fourth-order valence-electron chi connectivity index (χ4n) is 3.76. The summed E-state index contributed by atoms with van der Waals surface area (Å²) in [5, 5.41) is 0. The Morgan fingerprint density at radius 2 is 2.14 bits per heavy atom. The first-order valence-corrected chi connectivity index (χ1v) is 8.13. The third-order valence-corrected chi connectivity index (χ3v) is 4.72. The minimum absolute atomic E-state index is 0.0222. The molecular formula is C17H23NO4. The van der Waals surface area contributed by atoms with Crippen molar-refractivity contribution in [2.45, 2.75) is 38.0 Å². The zero-order valence-electron chi connectivity index (χ0n) is 13.0. The van der Waals surface area contributed by atoms with Crippen LogP contribution in [0.25, 0.3) is 0 Å². The highest BCUT2D eigenvalue weighted by Crippen LogP contribution is 2.37. The Kier molecular flexibility index (Phi) is 3.72. The lowest BCUT2D eigenvalue weighted by molar-refractivity contribution is -0.198. The van der Waals surface area contributed by atoms with E-state index in [1.54, 1.807) is 0 Å². The van der Waals surface area contributed by atoms with Gasteiger partial charge in [-0.2, -0.15) is 0 Å². The van der Waals surface area contributed by atoms with Gasteiger partial charge in [0.15, 0.2) is 11.5 Å². The average molecular weight is 305 g/mol. The molecule has 0 aromatic heterocycles. The summed E-state index contributed by atoms with van der Waals surface area (Å²) >= 11 is 0. The fraction of sp³-hybridized carbons (Fsp3) is 0.647. The summed E-state index contributed by atoms with van der Waals surface area (Å²) in [7, 11) is 0. The van der Waals surface area contributed by atoms with E-state index in [-0.39, 0.29) is 5.60 Å². The van der Waals surface area contributed by atoms with E-state index in [4.69, 9.17) is 18.9 Å². The van der Waals surface area contributed by atoms with E-state index in [2.05, 4.69) is 24.0 Å². The van der Waals surface area contributed by atoms with E-state index in [0.717, 1.165) is 57.2 Å². The predicted octanol–water partition coefficient (Wildman–Crippen LogP) is 2.19. The molecule has 2 saturated heterocycles. The molecule has 3 heterocycles. The lowest BCUT2D eigenvalue weighted by Gasteiger charge is -2.53. The van der Waals surface area contributed by atoms with Gasteiger partial charge in [-0.15, -0.1) is 0 Å². The number of benzene rings is 1. The monoisotopic (exact) mass is 305 g/mol. The molecule has 3 aliphatic rings. The molecule has 1 aromatic carbocycles. The lowest BCUT2D eigenvalue weighted by Crippen LogP contribution is -2.65. The standard InChI is InChI=1S/C17H23NO4/c1-2-19-14-5-6-22-17(8-14)10-18(11-17)9-13-3-4-15-16(7-13)21-12-20-15/h3-4,7,14H,2,5-6,8-12H2,1H3.